The Morgan fingerprint density at radius 1 is 1.35 bits per heavy atom. The van der Waals surface area contributed by atoms with Crippen molar-refractivity contribution in [3.8, 4) is 0 Å². The van der Waals surface area contributed by atoms with Gasteiger partial charge in [-0.15, -0.1) is 24.2 Å². The molecule has 2 saturated heterocycles. The summed E-state index contributed by atoms with van der Waals surface area (Å²) in [4.78, 5) is 26.8. The Kier molecular flexibility index (Phi) is 6.08. The molecule has 0 aliphatic carbocycles. The Hall–Kier alpha value is -0.460. The minimum absolute atomic E-state index is 0. The summed E-state index contributed by atoms with van der Waals surface area (Å²) < 4.78 is 0. The third kappa shape index (κ3) is 4.04. The highest BCUT2D eigenvalue weighted by molar-refractivity contribution is 8.00. The van der Waals surface area contributed by atoms with E-state index in [2.05, 4.69) is 5.32 Å². The van der Waals surface area contributed by atoms with Gasteiger partial charge in [0.15, 0.2) is 0 Å². The van der Waals surface area contributed by atoms with Crippen molar-refractivity contribution in [1.29, 1.82) is 0 Å². The average Bonchev–Trinajstić information content (AvgIpc) is 2.57. The van der Waals surface area contributed by atoms with Gasteiger partial charge >= 0.3 is 0 Å². The number of amides is 2. The molecule has 0 radical (unpaired) electrons. The van der Waals surface area contributed by atoms with Crippen LogP contribution < -0.4 is 5.32 Å². The third-order valence-corrected chi connectivity index (χ3v) is 3.79. The molecule has 2 fully saturated rings. The zero-order valence-electron chi connectivity index (χ0n) is 9.68. The summed E-state index contributed by atoms with van der Waals surface area (Å²) in [5.74, 6) is 1.36. The van der Waals surface area contributed by atoms with Gasteiger partial charge in [-0.3, -0.25) is 9.59 Å². The molecule has 2 heterocycles. The van der Waals surface area contributed by atoms with Crippen molar-refractivity contribution in [2.45, 2.75) is 6.42 Å². The second kappa shape index (κ2) is 7.08. The van der Waals surface area contributed by atoms with E-state index in [0.717, 1.165) is 32.6 Å². The molecule has 0 atom stereocenters. The number of rotatable bonds is 2. The van der Waals surface area contributed by atoms with Gasteiger partial charge in [0.2, 0.25) is 11.8 Å². The van der Waals surface area contributed by atoms with Crippen molar-refractivity contribution in [2.75, 3.05) is 44.4 Å². The Balaban J connectivity index is 0.00000144. The van der Waals surface area contributed by atoms with Gasteiger partial charge in [-0.05, 0) is 13.0 Å². The number of halogens is 1. The van der Waals surface area contributed by atoms with Crippen LogP contribution in [0.25, 0.3) is 0 Å². The van der Waals surface area contributed by atoms with E-state index in [1.807, 2.05) is 4.90 Å². The summed E-state index contributed by atoms with van der Waals surface area (Å²) in [6.45, 7) is 3.65. The van der Waals surface area contributed by atoms with Crippen LogP contribution >= 0.6 is 24.2 Å². The van der Waals surface area contributed by atoms with Gasteiger partial charge in [0.05, 0.1) is 11.6 Å². The van der Waals surface area contributed by atoms with Gasteiger partial charge in [0.25, 0.3) is 0 Å². The second-order valence-corrected chi connectivity index (χ2v) is 5.01. The third-order valence-electron chi connectivity index (χ3n) is 2.84. The van der Waals surface area contributed by atoms with Crippen LogP contribution in [0.15, 0.2) is 0 Å². The largest absolute Gasteiger partial charge is 0.340 e. The number of nitrogens with one attached hydrogen (secondary N) is 1. The molecular weight excluding hydrogens is 262 g/mol. The Morgan fingerprint density at radius 2 is 2.18 bits per heavy atom. The quantitative estimate of drug-likeness (QED) is 0.758. The molecule has 2 rings (SSSR count). The van der Waals surface area contributed by atoms with Gasteiger partial charge in [-0.25, -0.2) is 0 Å². The number of nitrogens with zero attached hydrogens (tertiary/aromatic N) is 2. The average molecular weight is 280 g/mol. The zero-order chi connectivity index (χ0) is 11.4. The maximum absolute atomic E-state index is 11.9. The fourth-order valence-electron chi connectivity index (χ4n) is 1.90. The lowest BCUT2D eigenvalue weighted by atomic mass is 10.3. The predicted molar refractivity (Wildman–Crippen MR) is 70.4 cm³/mol. The highest BCUT2D eigenvalue weighted by Crippen LogP contribution is 2.14. The number of carbonyl (C=O) groups is 2. The van der Waals surface area contributed by atoms with Crippen molar-refractivity contribution in [3.05, 3.63) is 0 Å². The van der Waals surface area contributed by atoms with Crippen molar-refractivity contribution >= 4 is 36.0 Å². The Bertz CT molecular complexity index is 283. The molecule has 0 spiro atoms. The van der Waals surface area contributed by atoms with Crippen molar-refractivity contribution < 1.29 is 9.59 Å². The van der Waals surface area contributed by atoms with Crippen LogP contribution in [0.5, 0.6) is 0 Å². The van der Waals surface area contributed by atoms with Crippen LogP contribution in [-0.4, -0.2) is 66.0 Å². The zero-order valence-corrected chi connectivity index (χ0v) is 11.3. The van der Waals surface area contributed by atoms with Gasteiger partial charge < -0.3 is 15.1 Å². The molecule has 0 aromatic carbocycles. The van der Waals surface area contributed by atoms with Crippen LogP contribution in [0.2, 0.25) is 0 Å². The molecule has 17 heavy (non-hydrogen) atoms. The molecule has 98 valence electrons. The van der Waals surface area contributed by atoms with E-state index in [1.165, 1.54) is 0 Å². The molecule has 1 N–H and O–H groups in total. The van der Waals surface area contributed by atoms with E-state index in [1.54, 1.807) is 16.7 Å². The Morgan fingerprint density at radius 3 is 2.88 bits per heavy atom. The van der Waals surface area contributed by atoms with E-state index in [9.17, 15) is 9.59 Å². The molecule has 2 aliphatic heterocycles. The number of thioether (sulfide) groups is 1. The minimum Gasteiger partial charge on any atom is -0.340 e. The van der Waals surface area contributed by atoms with Crippen LogP contribution in [0.4, 0.5) is 0 Å². The normalized spacial score (nSPS) is 21.1. The molecule has 0 aromatic heterocycles. The summed E-state index contributed by atoms with van der Waals surface area (Å²) >= 11 is 1.58. The predicted octanol–water partition coefficient (Wildman–Crippen LogP) is -0.237. The smallest absolute Gasteiger partial charge is 0.242 e. The van der Waals surface area contributed by atoms with Crippen molar-refractivity contribution in [2.24, 2.45) is 0 Å². The first kappa shape index (κ1) is 14.6. The highest BCUT2D eigenvalue weighted by Gasteiger charge is 2.25. The SMILES string of the molecule is Cl.O=C(CN1CSCC1=O)N1CCCNCC1. The molecule has 0 saturated carbocycles. The summed E-state index contributed by atoms with van der Waals surface area (Å²) in [7, 11) is 0. The van der Waals surface area contributed by atoms with Gasteiger partial charge in [-0.2, -0.15) is 0 Å². The Labute approximate surface area is 112 Å². The summed E-state index contributed by atoms with van der Waals surface area (Å²) in [5.41, 5.74) is 0. The first-order valence-corrected chi connectivity index (χ1v) is 6.77. The molecule has 7 heteroatoms. The van der Waals surface area contributed by atoms with Crippen LogP contribution in [-0.2, 0) is 9.59 Å². The van der Waals surface area contributed by atoms with Crippen LogP contribution in [0.3, 0.4) is 0 Å². The molecule has 2 amide bonds. The number of hydrogen-bond donors (Lipinski definition) is 1. The summed E-state index contributed by atoms with van der Waals surface area (Å²) in [6, 6.07) is 0. The fraction of sp³-hybridized carbons (Fsp3) is 0.800. The minimum atomic E-state index is 0. The fourth-order valence-corrected chi connectivity index (χ4v) is 2.80. The number of hydrogen-bond acceptors (Lipinski definition) is 4. The first-order valence-electron chi connectivity index (χ1n) is 5.61. The van der Waals surface area contributed by atoms with Crippen molar-refractivity contribution in [1.82, 2.24) is 15.1 Å². The molecule has 0 aromatic rings. The maximum atomic E-state index is 11.9. The van der Waals surface area contributed by atoms with E-state index in [-0.39, 0.29) is 30.8 Å². The second-order valence-electron chi connectivity index (χ2n) is 4.05. The molecule has 5 nitrogen and oxygen atoms in total. The van der Waals surface area contributed by atoms with Crippen molar-refractivity contribution in [3.63, 3.8) is 0 Å². The first-order chi connectivity index (χ1) is 7.77. The van der Waals surface area contributed by atoms with Crippen LogP contribution in [0, 0.1) is 0 Å². The topological polar surface area (TPSA) is 52.7 Å². The molecular formula is C10H18ClN3O2S. The number of carbonyl (C=O) groups excluding carboxylic acids is 2. The van der Waals surface area contributed by atoms with E-state index in [4.69, 9.17) is 0 Å². The molecule has 0 unspecified atom stereocenters. The lowest BCUT2D eigenvalue weighted by Crippen LogP contribution is -2.42. The van der Waals surface area contributed by atoms with Gasteiger partial charge in [0, 0.05) is 19.6 Å². The van der Waals surface area contributed by atoms with E-state index in [0.29, 0.717) is 11.6 Å². The van der Waals surface area contributed by atoms with Crippen LogP contribution in [0.1, 0.15) is 6.42 Å². The maximum Gasteiger partial charge on any atom is 0.242 e. The molecule has 2 aliphatic rings. The van der Waals surface area contributed by atoms with Gasteiger partial charge in [0.1, 0.15) is 6.54 Å². The lowest BCUT2D eigenvalue weighted by Gasteiger charge is -2.23. The van der Waals surface area contributed by atoms with E-state index >= 15 is 0 Å². The summed E-state index contributed by atoms with van der Waals surface area (Å²) in [6.07, 6.45) is 0.994. The standard InChI is InChI=1S/C10H17N3O2S.ClH/c14-9(6-13-8-16-7-10(13)15)12-4-1-2-11-3-5-12;/h11H,1-8H2;1H. The molecule has 0 bridgehead atoms. The highest BCUT2D eigenvalue weighted by atomic mass is 35.5. The monoisotopic (exact) mass is 279 g/mol. The summed E-state index contributed by atoms with van der Waals surface area (Å²) in [5, 5.41) is 3.26. The van der Waals surface area contributed by atoms with Gasteiger partial charge in [-0.1, -0.05) is 0 Å². The van der Waals surface area contributed by atoms with E-state index < -0.39 is 0 Å². The lowest BCUT2D eigenvalue weighted by molar-refractivity contribution is -0.137.